The molecule has 1 heterocycles. The molecule has 0 aliphatic heterocycles. The van der Waals surface area contributed by atoms with Crippen molar-refractivity contribution < 1.29 is 4.39 Å². The fourth-order valence-corrected chi connectivity index (χ4v) is 3.40. The van der Waals surface area contributed by atoms with Gasteiger partial charge in [-0.15, -0.1) is 11.3 Å². The van der Waals surface area contributed by atoms with Crippen molar-refractivity contribution in [3.63, 3.8) is 0 Å². The molecule has 1 nitrogen and oxygen atoms in total. The van der Waals surface area contributed by atoms with Crippen LogP contribution in [0.25, 0.3) is 0 Å². The van der Waals surface area contributed by atoms with E-state index in [4.69, 9.17) is 0 Å². The van der Waals surface area contributed by atoms with Crippen LogP contribution in [0.15, 0.2) is 34.1 Å². The number of thiophene rings is 1. The number of nitrogens with one attached hydrogen (secondary N) is 1. The van der Waals surface area contributed by atoms with E-state index < -0.39 is 0 Å². The van der Waals surface area contributed by atoms with Gasteiger partial charge in [0, 0.05) is 20.6 Å². The molecule has 17 heavy (non-hydrogen) atoms. The minimum Gasteiger partial charge on any atom is -0.377 e. The fraction of sp³-hybridized carbons (Fsp3) is 0.231. The summed E-state index contributed by atoms with van der Waals surface area (Å²) in [6.07, 6.45) is 0. The molecule has 0 bridgehead atoms. The van der Waals surface area contributed by atoms with Gasteiger partial charge in [0.05, 0.1) is 6.04 Å². The summed E-state index contributed by atoms with van der Waals surface area (Å²) in [5.74, 6) is -0.174. The van der Waals surface area contributed by atoms with Crippen molar-refractivity contribution in [1.29, 1.82) is 0 Å². The highest BCUT2D eigenvalue weighted by Crippen LogP contribution is 2.32. The number of rotatable bonds is 3. The standard InChI is InChI=1S/C13H13BrFNS/c1-8-11(15)4-3-5-12(8)16-9(2)13-10(14)6-7-17-13/h3-7,9,16H,1-2H3. The van der Waals surface area contributed by atoms with Gasteiger partial charge in [0.2, 0.25) is 0 Å². The lowest BCUT2D eigenvalue weighted by atomic mass is 10.1. The summed E-state index contributed by atoms with van der Waals surface area (Å²) >= 11 is 5.19. The van der Waals surface area contributed by atoms with Gasteiger partial charge in [-0.1, -0.05) is 6.07 Å². The van der Waals surface area contributed by atoms with Crippen LogP contribution in [0.1, 0.15) is 23.4 Å². The molecule has 0 aliphatic carbocycles. The first-order chi connectivity index (χ1) is 8.09. The molecule has 0 radical (unpaired) electrons. The van der Waals surface area contributed by atoms with Gasteiger partial charge >= 0.3 is 0 Å². The highest BCUT2D eigenvalue weighted by Gasteiger charge is 2.12. The SMILES string of the molecule is Cc1c(F)cccc1NC(C)c1sccc1Br. The van der Waals surface area contributed by atoms with E-state index in [2.05, 4.69) is 28.2 Å². The molecule has 2 rings (SSSR count). The zero-order chi connectivity index (χ0) is 12.4. The van der Waals surface area contributed by atoms with Crippen LogP contribution >= 0.6 is 27.3 Å². The Morgan fingerprint density at radius 2 is 2.12 bits per heavy atom. The van der Waals surface area contributed by atoms with Gasteiger partial charge in [-0.05, 0) is 53.4 Å². The Morgan fingerprint density at radius 1 is 1.35 bits per heavy atom. The number of benzene rings is 1. The highest BCUT2D eigenvalue weighted by molar-refractivity contribution is 9.10. The first kappa shape index (κ1) is 12.6. The molecule has 1 unspecified atom stereocenters. The molecule has 2 aromatic rings. The van der Waals surface area contributed by atoms with Gasteiger partial charge in [-0.25, -0.2) is 4.39 Å². The summed E-state index contributed by atoms with van der Waals surface area (Å²) in [6, 6.07) is 7.28. The van der Waals surface area contributed by atoms with Crippen LogP contribution in [0.5, 0.6) is 0 Å². The van der Waals surface area contributed by atoms with Crippen LogP contribution in [0.4, 0.5) is 10.1 Å². The minimum absolute atomic E-state index is 0.157. The van der Waals surface area contributed by atoms with Crippen molar-refractivity contribution in [1.82, 2.24) is 0 Å². The number of halogens is 2. The van der Waals surface area contributed by atoms with E-state index in [-0.39, 0.29) is 11.9 Å². The monoisotopic (exact) mass is 313 g/mol. The number of hydrogen-bond acceptors (Lipinski definition) is 2. The third kappa shape index (κ3) is 2.69. The molecule has 0 aliphatic rings. The Balaban J connectivity index is 2.22. The van der Waals surface area contributed by atoms with Crippen molar-refractivity contribution >= 4 is 33.0 Å². The van der Waals surface area contributed by atoms with E-state index in [9.17, 15) is 4.39 Å². The van der Waals surface area contributed by atoms with Gasteiger partial charge in [-0.2, -0.15) is 0 Å². The molecule has 0 saturated carbocycles. The Hall–Kier alpha value is -0.870. The Morgan fingerprint density at radius 3 is 2.76 bits per heavy atom. The first-order valence-electron chi connectivity index (χ1n) is 5.34. The van der Waals surface area contributed by atoms with Crippen molar-refractivity contribution in [2.45, 2.75) is 19.9 Å². The van der Waals surface area contributed by atoms with E-state index in [1.165, 1.54) is 10.9 Å². The Kier molecular flexibility index (Phi) is 3.84. The lowest BCUT2D eigenvalue weighted by Crippen LogP contribution is -2.07. The molecule has 0 fully saturated rings. The molecular weight excluding hydrogens is 301 g/mol. The second kappa shape index (κ2) is 5.19. The lowest BCUT2D eigenvalue weighted by molar-refractivity contribution is 0.618. The second-order valence-electron chi connectivity index (χ2n) is 3.91. The predicted molar refractivity (Wildman–Crippen MR) is 75.2 cm³/mol. The fourth-order valence-electron chi connectivity index (χ4n) is 1.68. The van der Waals surface area contributed by atoms with E-state index in [0.29, 0.717) is 5.56 Å². The molecule has 0 saturated heterocycles. The van der Waals surface area contributed by atoms with Crippen LogP contribution < -0.4 is 5.32 Å². The number of anilines is 1. The summed E-state index contributed by atoms with van der Waals surface area (Å²) in [5.41, 5.74) is 1.50. The molecule has 0 spiro atoms. The Bertz CT molecular complexity index is 524. The van der Waals surface area contributed by atoms with Gasteiger partial charge < -0.3 is 5.32 Å². The molecular formula is C13H13BrFNS. The second-order valence-corrected chi connectivity index (χ2v) is 5.71. The van der Waals surface area contributed by atoms with Crippen molar-refractivity contribution in [2.24, 2.45) is 0 Å². The van der Waals surface area contributed by atoms with Crippen LogP contribution in [0, 0.1) is 12.7 Å². The average Bonchev–Trinajstić information content (AvgIpc) is 2.71. The van der Waals surface area contributed by atoms with E-state index in [1.807, 2.05) is 17.5 Å². The summed E-state index contributed by atoms with van der Waals surface area (Å²) in [7, 11) is 0. The van der Waals surface area contributed by atoms with E-state index >= 15 is 0 Å². The van der Waals surface area contributed by atoms with Gasteiger partial charge in [0.1, 0.15) is 5.82 Å². The largest absolute Gasteiger partial charge is 0.377 e. The van der Waals surface area contributed by atoms with Gasteiger partial charge in [0.25, 0.3) is 0 Å². The summed E-state index contributed by atoms with van der Waals surface area (Å²) in [4.78, 5) is 1.22. The van der Waals surface area contributed by atoms with Gasteiger partial charge in [0.15, 0.2) is 0 Å². The number of hydrogen-bond donors (Lipinski definition) is 1. The molecule has 0 amide bonds. The molecule has 1 N–H and O–H groups in total. The molecule has 1 aromatic heterocycles. The van der Waals surface area contributed by atoms with Crippen LogP contribution in [-0.4, -0.2) is 0 Å². The topological polar surface area (TPSA) is 12.0 Å². The van der Waals surface area contributed by atoms with Crippen molar-refractivity contribution in [3.8, 4) is 0 Å². The predicted octanol–water partition coefficient (Wildman–Crippen LogP) is 5.13. The average molecular weight is 314 g/mol. The first-order valence-corrected chi connectivity index (χ1v) is 7.01. The highest BCUT2D eigenvalue weighted by atomic mass is 79.9. The zero-order valence-electron chi connectivity index (χ0n) is 9.63. The minimum atomic E-state index is -0.174. The normalized spacial score (nSPS) is 12.5. The lowest BCUT2D eigenvalue weighted by Gasteiger charge is -2.16. The maximum atomic E-state index is 13.4. The van der Waals surface area contributed by atoms with Crippen LogP contribution in [0.3, 0.4) is 0 Å². The quantitative estimate of drug-likeness (QED) is 0.828. The molecule has 1 aromatic carbocycles. The third-order valence-corrected chi connectivity index (χ3v) is 4.73. The maximum absolute atomic E-state index is 13.4. The van der Waals surface area contributed by atoms with E-state index in [0.717, 1.165) is 10.2 Å². The third-order valence-electron chi connectivity index (χ3n) is 2.68. The van der Waals surface area contributed by atoms with Crippen molar-refractivity contribution in [2.75, 3.05) is 5.32 Å². The molecule has 4 heteroatoms. The van der Waals surface area contributed by atoms with Crippen molar-refractivity contribution in [3.05, 3.63) is 50.4 Å². The summed E-state index contributed by atoms with van der Waals surface area (Å²) in [5, 5.41) is 5.37. The summed E-state index contributed by atoms with van der Waals surface area (Å²) < 4.78 is 14.5. The van der Waals surface area contributed by atoms with Crippen LogP contribution in [-0.2, 0) is 0 Å². The maximum Gasteiger partial charge on any atom is 0.128 e. The Labute approximate surface area is 113 Å². The summed E-state index contributed by atoms with van der Waals surface area (Å²) in [6.45, 7) is 3.86. The molecule has 90 valence electrons. The van der Waals surface area contributed by atoms with E-state index in [1.54, 1.807) is 24.3 Å². The molecule has 1 atom stereocenters. The van der Waals surface area contributed by atoms with Gasteiger partial charge in [-0.3, -0.25) is 0 Å². The van der Waals surface area contributed by atoms with Crippen LogP contribution in [0.2, 0.25) is 0 Å². The smallest absolute Gasteiger partial charge is 0.128 e. The zero-order valence-corrected chi connectivity index (χ0v) is 12.0.